The summed E-state index contributed by atoms with van der Waals surface area (Å²) in [4.78, 5) is 20.5. The van der Waals surface area contributed by atoms with Crippen molar-refractivity contribution < 1.29 is 9.53 Å². The molecule has 3 aromatic rings. The van der Waals surface area contributed by atoms with Gasteiger partial charge in [0.2, 0.25) is 5.95 Å². The lowest BCUT2D eigenvalue weighted by molar-refractivity contribution is 0.100. The molecule has 31 heavy (non-hydrogen) atoms. The maximum absolute atomic E-state index is 11.9. The Morgan fingerprint density at radius 1 is 1.35 bits per heavy atom. The summed E-state index contributed by atoms with van der Waals surface area (Å²) in [7, 11) is 1.60. The number of methoxy groups -OCH3 is 1. The van der Waals surface area contributed by atoms with Crippen LogP contribution in [0.2, 0.25) is 0 Å². The molecule has 0 saturated heterocycles. The first-order chi connectivity index (χ1) is 15.1. The molecule has 3 heterocycles. The lowest BCUT2D eigenvalue weighted by atomic mass is 10.2. The normalized spacial score (nSPS) is 13.3. The van der Waals surface area contributed by atoms with Crippen LogP contribution in [-0.2, 0) is 17.7 Å². The summed E-state index contributed by atoms with van der Waals surface area (Å²) in [6, 6.07) is 8.05. The quantitative estimate of drug-likeness (QED) is 0.436. The molecule has 0 bridgehead atoms. The molecule has 1 aromatic carbocycles. The molecule has 1 amide bonds. The minimum Gasteiger partial charge on any atom is -0.383 e. The average molecular weight is 426 g/mol. The molecule has 0 saturated carbocycles. The Bertz CT molecular complexity index is 1050. The monoisotopic (exact) mass is 425 g/mol. The summed E-state index contributed by atoms with van der Waals surface area (Å²) in [6.07, 6.45) is 3.66. The predicted molar refractivity (Wildman–Crippen MR) is 124 cm³/mol. The number of nitrogens with zero attached hydrogens (tertiary/aromatic N) is 3. The molecule has 1 unspecified atom stereocenters. The second kappa shape index (κ2) is 10.2. The molecule has 9 heteroatoms. The van der Waals surface area contributed by atoms with E-state index in [1.54, 1.807) is 7.11 Å². The SMILES string of the molecule is CC.COCC(N)CNc1ncc(C(N)=O)c(Nc2cccc3c2cc2n3CCC2)n1. The molecule has 6 N–H and O–H groups in total. The molecular weight excluding hydrogens is 394 g/mol. The van der Waals surface area contributed by atoms with Crippen molar-refractivity contribution in [3.05, 3.63) is 41.7 Å². The van der Waals surface area contributed by atoms with Crippen LogP contribution in [0.15, 0.2) is 30.5 Å². The van der Waals surface area contributed by atoms with Crippen LogP contribution in [0.1, 0.15) is 36.3 Å². The van der Waals surface area contributed by atoms with Gasteiger partial charge in [0.05, 0.1) is 12.1 Å². The van der Waals surface area contributed by atoms with Crippen molar-refractivity contribution in [2.75, 3.05) is 30.9 Å². The summed E-state index contributed by atoms with van der Waals surface area (Å²) in [5, 5.41) is 7.43. The number of aryl methyl sites for hydroxylation is 2. The highest BCUT2D eigenvalue weighted by Crippen LogP contribution is 2.32. The highest BCUT2D eigenvalue weighted by Gasteiger charge is 2.18. The molecular formula is C22H31N7O2. The van der Waals surface area contributed by atoms with Gasteiger partial charge in [0.1, 0.15) is 11.4 Å². The van der Waals surface area contributed by atoms with E-state index in [4.69, 9.17) is 16.2 Å². The number of rotatable bonds is 8. The number of benzene rings is 1. The zero-order valence-corrected chi connectivity index (χ0v) is 18.3. The van der Waals surface area contributed by atoms with Crippen LogP contribution in [0.5, 0.6) is 0 Å². The van der Waals surface area contributed by atoms with E-state index in [0.29, 0.717) is 24.9 Å². The zero-order valence-electron chi connectivity index (χ0n) is 18.3. The number of nitrogens with two attached hydrogens (primary N) is 2. The van der Waals surface area contributed by atoms with Gasteiger partial charge >= 0.3 is 0 Å². The maximum atomic E-state index is 11.9. The fourth-order valence-corrected chi connectivity index (χ4v) is 3.70. The lowest BCUT2D eigenvalue weighted by Crippen LogP contribution is -2.33. The standard InChI is InChI=1S/C20H25N7O2.C2H6/c1-29-11-12(21)9-23-20-24-10-15(18(22)28)19(26-20)25-16-5-2-6-17-14(16)8-13-4-3-7-27(13)17;1-2/h2,5-6,8,10,12H,3-4,7,9,11,21H2,1H3,(H2,22,28)(H2,23,24,25,26);1-2H3. The summed E-state index contributed by atoms with van der Waals surface area (Å²) in [5.74, 6) is 0.117. The molecule has 9 nitrogen and oxygen atoms in total. The fourth-order valence-electron chi connectivity index (χ4n) is 3.70. The Morgan fingerprint density at radius 2 is 2.16 bits per heavy atom. The first-order valence-electron chi connectivity index (χ1n) is 10.6. The Labute approximate surface area is 182 Å². The second-order valence-electron chi connectivity index (χ2n) is 7.17. The molecule has 0 spiro atoms. The number of aromatic nitrogens is 3. The van der Waals surface area contributed by atoms with E-state index in [1.165, 1.54) is 23.8 Å². The fraction of sp³-hybridized carbons (Fsp3) is 0.409. The molecule has 4 rings (SSSR count). The summed E-state index contributed by atoms with van der Waals surface area (Å²) in [6.45, 7) is 5.88. The predicted octanol–water partition coefficient (Wildman–Crippen LogP) is 2.63. The van der Waals surface area contributed by atoms with Gasteiger partial charge in [-0.25, -0.2) is 4.98 Å². The number of carbonyl (C=O) groups is 1. The van der Waals surface area contributed by atoms with E-state index in [9.17, 15) is 4.79 Å². The third kappa shape index (κ3) is 4.95. The largest absolute Gasteiger partial charge is 0.383 e. The van der Waals surface area contributed by atoms with E-state index in [2.05, 4.69) is 37.3 Å². The number of amides is 1. The minimum atomic E-state index is -0.596. The highest BCUT2D eigenvalue weighted by atomic mass is 16.5. The third-order valence-corrected chi connectivity index (χ3v) is 5.06. The van der Waals surface area contributed by atoms with E-state index >= 15 is 0 Å². The first-order valence-corrected chi connectivity index (χ1v) is 10.6. The van der Waals surface area contributed by atoms with Gasteiger partial charge in [-0.05, 0) is 31.0 Å². The van der Waals surface area contributed by atoms with Gasteiger partial charge in [0.25, 0.3) is 5.91 Å². The van der Waals surface area contributed by atoms with Crippen LogP contribution in [0.25, 0.3) is 10.9 Å². The molecule has 0 aliphatic carbocycles. The van der Waals surface area contributed by atoms with Crippen LogP contribution in [0.4, 0.5) is 17.5 Å². The van der Waals surface area contributed by atoms with E-state index in [-0.39, 0.29) is 11.6 Å². The van der Waals surface area contributed by atoms with E-state index < -0.39 is 5.91 Å². The van der Waals surface area contributed by atoms with Crippen molar-refractivity contribution in [3.63, 3.8) is 0 Å². The molecule has 1 atom stereocenters. The lowest BCUT2D eigenvalue weighted by Gasteiger charge is -2.14. The minimum absolute atomic E-state index is 0.201. The number of hydrogen-bond donors (Lipinski definition) is 4. The van der Waals surface area contributed by atoms with Gasteiger partial charge in [-0.1, -0.05) is 19.9 Å². The Hall–Kier alpha value is -3.17. The van der Waals surface area contributed by atoms with Gasteiger partial charge in [-0.3, -0.25) is 4.79 Å². The van der Waals surface area contributed by atoms with Crippen molar-refractivity contribution in [2.24, 2.45) is 11.5 Å². The topological polar surface area (TPSA) is 133 Å². The zero-order chi connectivity index (χ0) is 22.4. The Balaban J connectivity index is 0.00000132. The Morgan fingerprint density at radius 3 is 2.90 bits per heavy atom. The second-order valence-corrected chi connectivity index (χ2v) is 7.17. The van der Waals surface area contributed by atoms with Crippen molar-refractivity contribution in [1.29, 1.82) is 0 Å². The maximum Gasteiger partial charge on any atom is 0.254 e. The number of carbonyl (C=O) groups excluding carboxylic acids is 1. The number of fused-ring (bicyclic) bond motifs is 3. The van der Waals surface area contributed by atoms with Crippen molar-refractivity contribution >= 4 is 34.3 Å². The van der Waals surface area contributed by atoms with E-state index in [0.717, 1.165) is 24.0 Å². The number of ether oxygens (including phenoxy) is 1. The van der Waals surface area contributed by atoms with Gasteiger partial charge in [0, 0.05) is 49.2 Å². The molecule has 1 aliphatic heterocycles. The van der Waals surface area contributed by atoms with Gasteiger partial charge in [-0.15, -0.1) is 0 Å². The molecule has 166 valence electrons. The molecule has 1 aliphatic rings. The smallest absolute Gasteiger partial charge is 0.254 e. The van der Waals surface area contributed by atoms with Crippen LogP contribution in [0, 0.1) is 0 Å². The summed E-state index contributed by atoms with van der Waals surface area (Å²) < 4.78 is 7.36. The van der Waals surface area contributed by atoms with Gasteiger partial charge < -0.3 is 31.4 Å². The van der Waals surface area contributed by atoms with Crippen LogP contribution in [0.3, 0.4) is 0 Å². The van der Waals surface area contributed by atoms with Crippen LogP contribution >= 0.6 is 0 Å². The third-order valence-electron chi connectivity index (χ3n) is 5.06. The van der Waals surface area contributed by atoms with Gasteiger partial charge in [0.15, 0.2) is 0 Å². The average Bonchev–Trinajstić information content (AvgIpc) is 3.36. The molecule has 0 fully saturated rings. The number of anilines is 3. The van der Waals surface area contributed by atoms with Crippen molar-refractivity contribution in [1.82, 2.24) is 14.5 Å². The van der Waals surface area contributed by atoms with Gasteiger partial charge in [-0.2, -0.15) is 4.98 Å². The summed E-state index contributed by atoms with van der Waals surface area (Å²) >= 11 is 0. The number of hydrogen-bond acceptors (Lipinski definition) is 7. The Kier molecular flexibility index (Phi) is 7.43. The van der Waals surface area contributed by atoms with Crippen molar-refractivity contribution in [2.45, 2.75) is 39.3 Å². The summed E-state index contributed by atoms with van der Waals surface area (Å²) in [5.41, 5.74) is 15.0. The molecule has 0 radical (unpaired) electrons. The number of nitrogens with one attached hydrogen (secondary N) is 2. The van der Waals surface area contributed by atoms with Crippen LogP contribution in [-0.4, -0.2) is 46.7 Å². The van der Waals surface area contributed by atoms with Crippen LogP contribution < -0.4 is 22.1 Å². The number of primary amides is 1. The first kappa shape index (κ1) is 22.5. The van der Waals surface area contributed by atoms with Crippen molar-refractivity contribution in [3.8, 4) is 0 Å². The van der Waals surface area contributed by atoms with E-state index in [1.807, 2.05) is 26.0 Å². The highest BCUT2D eigenvalue weighted by molar-refractivity contribution is 6.00. The molecule has 2 aromatic heterocycles.